The molecule has 1 N–H and O–H groups in total. The van der Waals surface area contributed by atoms with Gasteiger partial charge in [-0.1, -0.05) is 31.2 Å². The molecule has 1 unspecified atom stereocenters. The van der Waals surface area contributed by atoms with Gasteiger partial charge < -0.3 is 10.1 Å². The highest BCUT2D eigenvalue weighted by atomic mass is 16.5. The van der Waals surface area contributed by atoms with E-state index in [2.05, 4.69) is 41.4 Å². The normalized spacial score (nSPS) is 18.2. The Hall–Kier alpha value is -1.43. The summed E-state index contributed by atoms with van der Waals surface area (Å²) in [5.74, 6) is 0.877. The van der Waals surface area contributed by atoms with Crippen LogP contribution >= 0.6 is 0 Å². The largest absolute Gasteiger partial charge is 0.385 e. The van der Waals surface area contributed by atoms with Crippen LogP contribution in [0.1, 0.15) is 37.3 Å². The van der Waals surface area contributed by atoms with Gasteiger partial charge in [-0.25, -0.2) is 0 Å². The molecular weight excluding hydrogens is 326 g/mol. The molecule has 1 saturated heterocycles. The molecule has 0 bridgehead atoms. The van der Waals surface area contributed by atoms with Crippen LogP contribution in [0.3, 0.4) is 0 Å². The average Bonchev–Trinajstić information content (AvgIpc) is 2.61. The molecule has 146 valence electrons. The third-order valence-corrected chi connectivity index (χ3v) is 4.96. The molecule has 1 aliphatic rings. The molecule has 2 rings (SSSR count). The third-order valence-electron chi connectivity index (χ3n) is 4.96. The Morgan fingerprint density at radius 2 is 2.04 bits per heavy atom. The number of carbonyl (C=O) groups is 1. The van der Waals surface area contributed by atoms with Crippen LogP contribution in [0.2, 0.25) is 0 Å². The second kappa shape index (κ2) is 11.3. The van der Waals surface area contributed by atoms with Crippen molar-refractivity contribution in [1.82, 2.24) is 15.1 Å². The van der Waals surface area contributed by atoms with Gasteiger partial charge in [-0.05, 0) is 49.9 Å². The first-order valence-corrected chi connectivity index (χ1v) is 9.81. The Labute approximate surface area is 158 Å². The predicted octanol–water partition coefficient (Wildman–Crippen LogP) is 2.50. The number of amides is 1. The Morgan fingerprint density at radius 1 is 1.31 bits per heavy atom. The number of nitrogens with one attached hydrogen (secondary N) is 1. The number of likely N-dealkylation sites (N-methyl/N-ethyl adjacent to an activating group) is 1. The van der Waals surface area contributed by atoms with Gasteiger partial charge in [-0.3, -0.25) is 14.6 Å². The van der Waals surface area contributed by atoms with Gasteiger partial charge in [0.2, 0.25) is 5.91 Å². The summed E-state index contributed by atoms with van der Waals surface area (Å²) in [5, 5.41) is 3.00. The molecule has 0 aliphatic carbocycles. The summed E-state index contributed by atoms with van der Waals surface area (Å²) in [6.07, 6.45) is 3.61. The van der Waals surface area contributed by atoms with Crippen LogP contribution in [0.15, 0.2) is 24.3 Å². The number of piperidine rings is 1. The highest BCUT2D eigenvalue weighted by molar-refractivity contribution is 5.77. The number of carbonyl (C=O) groups excluding carboxylic acids is 1. The first kappa shape index (κ1) is 20.9. The molecule has 1 heterocycles. The lowest BCUT2D eigenvalue weighted by atomic mass is 9.99. The fourth-order valence-electron chi connectivity index (χ4n) is 3.51. The minimum absolute atomic E-state index is 0.0660. The summed E-state index contributed by atoms with van der Waals surface area (Å²) in [4.78, 5) is 16.6. The van der Waals surface area contributed by atoms with Gasteiger partial charge in [0.15, 0.2) is 0 Å². The van der Waals surface area contributed by atoms with E-state index < -0.39 is 0 Å². The molecule has 1 amide bonds. The predicted molar refractivity (Wildman–Crippen MR) is 106 cm³/mol. The molecule has 0 radical (unpaired) electrons. The van der Waals surface area contributed by atoms with Crippen LogP contribution < -0.4 is 5.32 Å². The number of likely N-dealkylation sites (tertiary alicyclic amines) is 1. The van der Waals surface area contributed by atoms with Gasteiger partial charge >= 0.3 is 0 Å². The molecule has 1 aliphatic heterocycles. The zero-order valence-corrected chi connectivity index (χ0v) is 16.7. The minimum Gasteiger partial charge on any atom is -0.385 e. The third kappa shape index (κ3) is 7.85. The van der Waals surface area contributed by atoms with E-state index in [1.54, 1.807) is 7.11 Å². The van der Waals surface area contributed by atoms with Crippen molar-refractivity contribution in [3.05, 3.63) is 35.4 Å². The Kier molecular flexibility index (Phi) is 9.09. The molecule has 1 aromatic carbocycles. The zero-order valence-electron chi connectivity index (χ0n) is 16.7. The summed E-state index contributed by atoms with van der Waals surface area (Å²) in [6.45, 7) is 8.40. The van der Waals surface area contributed by atoms with Crippen molar-refractivity contribution in [3.8, 4) is 0 Å². The van der Waals surface area contributed by atoms with Crippen molar-refractivity contribution >= 4 is 5.91 Å². The fourth-order valence-corrected chi connectivity index (χ4v) is 3.51. The van der Waals surface area contributed by atoms with E-state index in [0.717, 1.165) is 37.6 Å². The lowest BCUT2D eigenvalue weighted by molar-refractivity contribution is -0.122. The van der Waals surface area contributed by atoms with Crippen molar-refractivity contribution in [1.29, 1.82) is 0 Å². The van der Waals surface area contributed by atoms with Crippen LogP contribution in [0.4, 0.5) is 0 Å². The average molecular weight is 362 g/mol. The van der Waals surface area contributed by atoms with E-state index in [9.17, 15) is 4.79 Å². The van der Waals surface area contributed by atoms with E-state index >= 15 is 0 Å². The molecule has 26 heavy (non-hydrogen) atoms. The quantitative estimate of drug-likeness (QED) is 0.651. The standard InChI is InChI=1S/C21H35N3O2/c1-18-6-4-12-24(15-18)16-20-9-7-19(8-10-20)14-22-21(25)17-23(2)11-5-13-26-3/h7-10,18H,4-6,11-17H2,1-3H3,(H,22,25). The van der Waals surface area contributed by atoms with Gasteiger partial charge in [-0.15, -0.1) is 0 Å². The maximum Gasteiger partial charge on any atom is 0.234 e. The van der Waals surface area contributed by atoms with Crippen LogP contribution in [0.25, 0.3) is 0 Å². The number of rotatable bonds is 10. The van der Waals surface area contributed by atoms with E-state index in [0.29, 0.717) is 13.1 Å². The van der Waals surface area contributed by atoms with Crippen molar-refractivity contribution in [3.63, 3.8) is 0 Å². The summed E-state index contributed by atoms with van der Waals surface area (Å²) in [5.41, 5.74) is 2.50. The van der Waals surface area contributed by atoms with E-state index in [1.807, 2.05) is 11.9 Å². The van der Waals surface area contributed by atoms with Gasteiger partial charge in [0.25, 0.3) is 0 Å². The maximum absolute atomic E-state index is 12.0. The zero-order chi connectivity index (χ0) is 18.8. The van der Waals surface area contributed by atoms with Crippen LogP contribution in [-0.4, -0.2) is 62.7 Å². The smallest absolute Gasteiger partial charge is 0.234 e. The highest BCUT2D eigenvalue weighted by Crippen LogP contribution is 2.18. The lowest BCUT2D eigenvalue weighted by Gasteiger charge is -2.30. The molecule has 0 spiro atoms. The first-order chi connectivity index (χ1) is 12.6. The van der Waals surface area contributed by atoms with Crippen molar-refractivity contribution in [2.75, 3.05) is 46.9 Å². The molecule has 1 aromatic rings. The number of methoxy groups -OCH3 is 1. The second-order valence-electron chi connectivity index (χ2n) is 7.66. The SMILES string of the molecule is COCCCN(C)CC(=O)NCc1ccc(CN2CCCC(C)C2)cc1. The van der Waals surface area contributed by atoms with E-state index in [4.69, 9.17) is 4.74 Å². The van der Waals surface area contributed by atoms with Gasteiger partial charge in [0, 0.05) is 39.9 Å². The van der Waals surface area contributed by atoms with E-state index in [1.165, 1.54) is 31.5 Å². The highest BCUT2D eigenvalue weighted by Gasteiger charge is 2.16. The van der Waals surface area contributed by atoms with Gasteiger partial charge in [0.05, 0.1) is 6.54 Å². The van der Waals surface area contributed by atoms with Gasteiger partial charge in [-0.2, -0.15) is 0 Å². The first-order valence-electron chi connectivity index (χ1n) is 9.81. The van der Waals surface area contributed by atoms with E-state index in [-0.39, 0.29) is 5.91 Å². The molecule has 5 nitrogen and oxygen atoms in total. The summed E-state index contributed by atoms with van der Waals surface area (Å²) < 4.78 is 5.04. The second-order valence-corrected chi connectivity index (χ2v) is 7.66. The number of benzene rings is 1. The van der Waals surface area contributed by atoms with Crippen LogP contribution in [-0.2, 0) is 22.6 Å². The van der Waals surface area contributed by atoms with Crippen LogP contribution in [0, 0.1) is 5.92 Å². The Balaban J connectivity index is 1.69. The molecule has 5 heteroatoms. The summed E-state index contributed by atoms with van der Waals surface area (Å²) in [7, 11) is 3.66. The summed E-state index contributed by atoms with van der Waals surface area (Å²) >= 11 is 0. The summed E-state index contributed by atoms with van der Waals surface area (Å²) in [6, 6.07) is 8.64. The Bertz CT molecular complexity index is 533. The minimum atomic E-state index is 0.0660. The molecule has 1 fully saturated rings. The number of nitrogens with zero attached hydrogens (tertiary/aromatic N) is 2. The number of hydrogen-bond donors (Lipinski definition) is 1. The number of ether oxygens (including phenoxy) is 1. The van der Waals surface area contributed by atoms with Crippen molar-refractivity contribution < 1.29 is 9.53 Å². The topological polar surface area (TPSA) is 44.8 Å². The molecule has 0 aromatic heterocycles. The molecule has 1 atom stereocenters. The molecule has 0 saturated carbocycles. The van der Waals surface area contributed by atoms with Gasteiger partial charge in [0.1, 0.15) is 0 Å². The van der Waals surface area contributed by atoms with Crippen LogP contribution in [0.5, 0.6) is 0 Å². The van der Waals surface area contributed by atoms with Crippen molar-refractivity contribution in [2.45, 2.75) is 39.3 Å². The monoisotopic (exact) mass is 361 g/mol. The van der Waals surface area contributed by atoms with Crippen molar-refractivity contribution in [2.24, 2.45) is 5.92 Å². The number of hydrogen-bond acceptors (Lipinski definition) is 4. The fraction of sp³-hybridized carbons (Fsp3) is 0.667. The maximum atomic E-state index is 12.0. The molecular formula is C21H35N3O2. The Morgan fingerprint density at radius 3 is 2.73 bits per heavy atom. The lowest BCUT2D eigenvalue weighted by Crippen LogP contribution is -2.35.